The van der Waals surface area contributed by atoms with Gasteiger partial charge in [-0.25, -0.2) is 5.14 Å². The molecule has 1 rings (SSSR count). The van der Waals surface area contributed by atoms with Crippen LogP contribution in [0.1, 0.15) is 19.8 Å². The largest absolute Gasteiger partial charge is 0.325 e. The summed E-state index contributed by atoms with van der Waals surface area (Å²) in [5.74, 6) is -0.311. The maximum atomic E-state index is 11.7. The summed E-state index contributed by atoms with van der Waals surface area (Å²) in [5.41, 5.74) is 6.39. The molecule has 0 radical (unpaired) electrons. The second kappa shape index (κ2) is 6.50. The van der Waals surface area contributed by atoms with Crippen LogP contribution in [0, 0.1) is 0 Å². The average Bonchev–Trinajstić information content (AvgIpc) is 2.27. The van der Waals surface area contributed by atoms with Crippen molar-refractivity contribution in [2.24, 2.45) is 10.9 Å². The van der Waals surface area contributed by atoms with E-state index >= 15 is 0 Å². The fourth-order valence-corrected chi connectivity index (χ4v) is 1.96. The number of hydrogen-bond donors (Lipinski definition) is 4. The molecule has 0 bridgehead atoms. The van der Waals surface area contributed by atoms with Crippen molar-refractivity contribution in [3.05, 3.63) is 24.3 Å². The number of hydrogen-bond acceptors (Lipinski definition) is 4. The van der Waals surface area contributed by atoms with Gasteiger partial charge >= 0.3 is 0 Å². The fourth-order valence-electron chi connectivity index (χ4n) is 1.50. The van der Waals surface area contributed by atoms with Crippen LogP contribution in [0.4, 0.5) is 11.4 Å². The Kier molecular flexibility index (Phi) is 5.28. The van der Waals surface area contributed by atoms with Crippen LogP contribution in [-0.4, -0.2) is 20.4 Å². The molecule has 0 saturated carbocycles. The fraction of sp³-hybridized carbons (Fsp3) is 0.364. The summed E-state index contributed by atoms with van der Waals surface area (Å²) in [5, 5.41) is 7.47. The third-order valence-corrected chi connectivity index (χ3v) is 2.85. The van der Waals surface area contributed by atoms with Crippen LogP contribution in [0.15, 0.2) is 24.3 Å². The molecule has 0 aromatic heterocycles. The van der Waals surface area contributed by atoms with E-state index in [1.54, 1.807) is 12.1 Å². The van der Waals surface area contributed by atoms with Gasteiger partial charge in [-0.2, -0.15) is 8.42 Å². The molecular formula is C11H18N4O3S. The Hall–Kier alpha value is -1.64. The van der Waals surface area contributed by atoms with Crippen LogP contribution in [0.25, 0.3) is 0 Å². The second-order valence-corrected chi connectivity index (χ2v) is 5.41. The van der Waals surface area contributed by atoms with Gasteiger partial charge in [-0.1, -0.05) is 19.4 Å². The Morgan fingerprint density at radius 3 is 2.58 bits per heavy atom. The molecule has 1 aromatic carbocycles. The Labute approximate surface area is 112 Å². The van der Waals surface area contributed by atoms with Crippen LogP contribution >= 0.6 is 0 Å². The molecule has 19 heavy (non-hydrogen) atoms. The summed E-state index contributed by atoms with van der Waals surface area (Å²) < 4.78 is 23.9. The predicted molar refractivity (Wildman–Crippen MR) is 74.7 cm³/mol. The first-order valence-electron chi connectivity index (χ1n) is 5.79. The summed E-state index contributed by atoms with van der Waals surface area (Å²) in [4.78, 5) is 11.7. The minimum absolute atomic E-state index is 0.268. The van der Waals surface area contributed by atoms with Crippen LogP contribution in [0.5, 0.6) is 0 Å². The highest BCUT2D eigenvalue weighted by Gasteiger charge is 2.12. The first-order valence-corrected chi connectivity index (χ1v) is 7.33. The first-order chi connectivity index (χ1) is 8.81. The van der Waals surface area contributed by atoms with Crippen molar-refractivity contribution < 1.29 is 13.2 Å². The van der Waals surface area contributed by atoms with Crippen molar-refractivity contribution in [1.82, 2.24) is 0 Å². The minimum Gasteiger partial charge on any atom is -0.325 e. The van der Waals surface area contributed by atoms with Gasteiger partial charge in [0.15, 0.2) is 0 Å². The minimum atomic E-state index is -3.83. The topological polar surface area (TPSA) is 127 Å². The van der Waals surface area contributed by atoms with E-state index in [-0.39, 0.29) is 11.6 Å². The van der Waals surface area contributed by atoms with Crippen molar-refractivity contribution in [2.75, 3.05) is 10.0 Å². The normalized spacial score (nSPS) is 12.8. The van der Waals surface area contributed by atoms with E-state index in [2.05, 4.69) is 10.0 Å². The van der Waals surface area contributed by atoms with Crippen molar-refractivity contribution in [1.29, 1.82) is 0 Å². The quantitative estimate of drug-likeness (QED) is 0.602. The van der Waals surface area contributed by atoms with Gasteiger partial charge in [-0.05, 0) is 24.6 Å². The van der Waals surface area contributed by atoms with E-state index < -0.39 is 16.3 Å². The standard InChI is InChI=1S/C11H18N4O3S/c1-2-4-10(12)11(16)14-8-5-3-6-9(7-8)15-19(13,17)18/h3,5-7,10,15H,2,4,12H2,1H3,(H,14,16)(H2,13,17,18)/t10-/m0/s1. The number of carbonyl (C=O) groups is 1. The lowest BCUT2D eigenvalue weighted by Crippen LogP contribution is -2.35. The molecular weight excluding hydrogens is 268 g/mol. The summed E-state index contributed by atoms with van der Waals surface area (Å²) in [7, 11) is -3.83. The average molecular weight is 286 g/mol. The smallest absolute Gasteiger partial charge is 0.296 e. The molecule has 6 N–H and O–H groups in total. The highest BCUT2D eigenvalue weighted by atomic mass is 32.2. The molecule has 7 nitrogen and oxygen atoms in total. The van der Waals surface area contributed by atoms with Gasteiger partial charge in [0, 0.05) is 5.69 Å². The van der Waals surface area contributed by atoms with E-state index in [4.69, 9.17) is 10.9 Å². The number of anilines is 2. The predicted octanol–water partition coefficient (Wildman–Crippen LogP) is 0.368. The number of benzene rings is 1. The zero-order valence-electron chi connectivity index (χ0n) is 10.6. The monoisotopic (exact) mass is 286 g/mol. The molecule has 0 heterocycles. The number of amides is 1. The molecule has 1 atom stereocenters. The van der Waals surface area contributed by atoms with Crippen LogP contribution < -0.4 is 20.9 Å². The third-order valence-electron chi connectivity index (χ3n) is 2.33. The summed E-state index contributed by atoms with van der Waals surface area (Å²) in [6, 6.07) is 5.62. The lowest BCUT2D eigenvalue weighted by atomic mass is 10.1. The van der Waals surface area contributed by atoms with E-state index in [1.807, 2.05) is 6.92 Å². The highest BCUT2D eigenvalue weighted by Crippen LogP contribution is 2.16. The number of nitrogens with one attached hydrogen (secondary N) is 2. The Morgan fingerprint density at radius 2 is 2.00 bits per heavy atom. The van der Waals surface area contributed by atoms with Gasteiger partial charge in [-0.3, -0.25) is 9.52 Å². The summed E-state index contributed by atoms with van der Waals surface area (Å²) in [6.45, 7) is 1.93. The van der Waals surface area contributed by atoms with E-state index in [9.17, 15) is 13.2 Å². The van der Waals surface area contributed by atoms with Gasteiger partial charge < -0.3 is 11.1 Å². The van der Waals surface area contributed by atoms with Gasteiger partial charge in [0.25, 0.3) is 10.2 Å². The molecule has 0 aliphatic carbocycles. The highest BCUT2D eigenvalue weighted by molar-refractivity contribution is 7.90. The Balaban J connectivity index is 2.75. The van der Waals surface area contributed by atoms with Gasteiger partial charge in [0.2, 0.25) is 5.91 Å². The van der Waals surface area contributed by atoms with Crippen molar-refractivity contribution >= 4 is 27.5 Å². The molecule has 0 unspecified atom stereocenters. The van der Waals surface area contributed by atoms with Gasteiger partial charge in [-0.15, -0.1) is 0 Å². The molecule has 0 saturated heterocycles. The molecule has 1 amide bonds. The number of carbonyl (C=O) groups excluding carboxylic acids is 1. The first kappa shape index (κ1) is 15.4. The van der Waals surface area contributed by atoms with Crippen molar-refractivity contribution in [3.8, 4) is 0 Å². The van der Waals surface area contributed by atoms with E-state index in [0.717, 1.165) is 6.42 Å². The lowest BCUT2D eigenvalue weighted by molar-refractivity contribution is -0.117. The Morgan fingerprint density at radius 1 is 1.37 bits per heavy atom. The molecule has 106 valence electrons. The van der Waals surface area contributed by atoms with E-state index in [1.165, 1.54) is 12.1 Å². The molecule has 0 aliphatic heterocycles. The van der Waals surface area contributed by atoms with Crippen molar-refractivity contribution in [2.45, 2.75) is 25.8 Å². The molecule has 0 aliphatic rings. The molecule has 0 fully saturated rings. The van der Waals surface area contributed by atoms with Crippen LogP contribution in [-0.2, 0) is 15.0 Å². The summed E-state index contributed by atoms with van der Waals surface area (Å²) in [6.07, 6.45) is 1.39. The van der Waals surface area contributed by atoms with Gasteiger partial charge in [0.1, 0.15) is 0 Å². The van der Waals surface area contributed by atoms with Crippen LogP contribution in [0.2, 0.25) is 0 Å². The zero-order chi connectivity index (χ0) is 14.5. The van der Waals surface area contributed by atoms with Crippen molar-refractivity contribution in [3.63, 3.8) is 0 Å². The van der Waals surface area contributed by atoms with E-state index in [0.29, 0.717) is 12.1 Å². The lowest BCUT2D eigenvalue weighted by Gasteiger charge is -2.12. The maximum absolute atomic E-state index is 11.7. The molecule has 0 spiro atoms. The maximum Gasteiger partial charge on any atom is 0.296 e. The number of nitrogens with two attached hydrogens (primary N) is 2. The number of rotatable bonds is 6. The Bertz CT molecular complexity index is 545. The second-order valence-electron chi connectivity index (χ2n) is 4.11. The molecule has 1 aromatic rings. The third kappa shape index (κ3) is 5.69. The SMILES string of the molecule is CCC[C@H](N)C(=O)Nc1cccc(NS(N)(=O)=O)c1. The van der Waals surface area contributed by atoms with Crippen LogP contribution in [0.3, 0.4) is 0 Å². The van der Waals surface area contributed by atoms with Gasteiger partial charge in [0.05, 0.1) is 11.7 Å². The molecule has 8 heteroatoms. The summed E-state index contributed by atoms with van der Waals surface area (Å²) >= 11 is 0. The zero-order valence-corrected chi connectivity index (χ0v) is 11.4.